The zero-order valence-electron chi connectivity index (χ0n) is 16.8. The molecule has 0 spiro atoms. The van der Waals surface area contributed by atoms with E-state index in [2.05, 4.69) is 11.9 Å². The van der Waals surface area contributed by atoms with Crippen LogP contribution in [-0.2, 0) is 11.2 Å². The summed E-state index contributed by atoms with van der Waals surface area (Å²) in [4.78, 5) is 12.3. The molecule has 2 rings (SSSR count). The van der Waals surface area contributed by atoms with E-state index in [9.17, 15) is 18.0 Å². The average Bonchev–Trinajstić information content (AvgIpc) is 2.69. The molecule has 0 aliphatic rings. The number of ether oxygens (including phenoxy) is 3. The molecule has 0 saturated carbocycles. The molecular weight excluding hydrogens is 399 g/mol. The van der Waals surface area contributed by atoms with Crippen molar-refractivity contribution in [1.82, 2.24) is 0 Å². The summed E-state index contributed by atoms with van der Waals surface area (Å²) in [5.41, 5.74) is 2.22. The van der Waals surface area contributed by atoms with E-state index in [1.807, 2.05) is 6.92 Å². The first-order valence-electron chi connectivity index (χ1n) is 9.20. The minimum absolute atomic E-state index is 0.00500. The Bertz CT molecular complexity index is 881. The van der Waals surface area contributed by atoms with Crippen LogP contribution in [0, 0.1) is 0 Å². The second-order valence-electron chi connectivity index (χ2n) is 6.71. The van der Waals surface area contributed by atoms with E-state index in [0.717, 1.165) is 11.1 Å². The molecule has 1 N–H and O–H groups in total. The zero-order valence-corrected chi connectivity index (χ0v) is 16.8. The van der Waals surface area contributed by atoms with Gasteiger partial charge in [0.1, 0.15) is 12.4 Å². The van der Waals surface area contributed by atoms with E-state index >= 15 is 0 Å². The minimum Gasteiger partial charge on any atom is -0.493 e. The zero-order chi connectivity index (χ0) is 22.1. The summed E-state index contributed by atoms with van der Waals surface area (Å²) in [6.45, 7) is 4.62. The smallest absolute Gasteiger partial charge is 0.422 e. The van der Waals surface area contributed by atoms with Gasteiger partial charge in [0.05, 0.1) is 7.11 Å². The fourth-order valence-corrected chi connectivity index (χ4v) is 2.50. The van der Waals surface area contributed by atoms with Gasteiger partial charge in [-0.1, -0.05) is 18.7 Å². The molecular formula is C22H24F3NO4. The lowest BCUT2D eigenvalue weighted by Crippen LogP contribution is -2.19. The SMILES string of the molecule is C=C(C)COc1cccc(NC(=O)CCc2ccc(OCC(F)(F)F)c(OC)c2)c1. The van der Waals surface area contributed by atoms with Gasteiger partial charge in [-0.3, -0.25) is 4.79 Å². The van der Waals surface area contributed by atoms with Crippen LogP contribution in [0.15, 0.2) is 54.6 Å². The van der Waals surface area contributed by atoms with Gasteiger partial charge in [-0.05, 0) is 48.7 Å². The molecule has 0 aliphatic heterocycles. The highest BCUT2D eigenvalue weighted by molar-refractivity contribution is 5.91. The van der Waals surface area contributed by atoms with E-state index in [1.54, 1.807) is 36.4 Å². The number of alkyl halides is 3. The quantitative estimate of drug-likeness (QED) is 0.536. The van der Waals surface area contributed by atoms with Crippen molar-refractivity contribution < 1.29 is 32.2 Å². The lowest BCUT2D eigenvalue weighted by molar-refractivity contribution is -0.153. The number of hydrogen-bond acceptors (Lipinski definition) is 4. The van der Waals surface area contributed by atoms with Crippen LogP contribution in [0.4, 0.5) is 18.9 Å². The molecule has 0 fully saturated rings. The van der Waals surface area contributed by atoms with Crippen molar-refractivity contribution in [3.63, 3.8) is 0 Å². The van der Waals surface area contributed by atoms with Gasteiger partial charge in [0.2, 0.25) is 5.91 Å². The third-order valence-electron chi connectivity index (χ3n) is 3.86. The van der Waals surface area contributed by atoms with Gasteiger partial charge in [0, 0.05) is 18.2 Å². The van der Waals surface area contributed by atoms with Gasteiger partial charge in [-0.25, -0.2) is 0 Å². The van der Waals surface area contributed by atoms with Crippen molar-refractivity contribution in [2.24, 2.45) is 0 Å². The Morgan fingerprint density at radius 3 is 2.53 bits per heavy atom. The lowest BCUT2D eigenvalue weighted by atomic mass is 10.1. The summed E-state index contributed by atoms with van der Waals surface area (Å²) >= 11 is 0. The molecule has 0 unspecified atom stereocenters. The minimum atomic E-state index is -4.44. The predicted molar refractivity (Wildman–Crippen MR) is 108 cm³/mol. The first-order valence-corrected chi connectivity index (χ1v) is 9.20. The van der Waals surface area contributed by atoms with Gasteiger partial charge in [0.15, 0.2) is 18.1 Å². The number of carbonyl (C=O) groups is 1. The molecule has 0 aliphatic carbocycles. The Kier molecular flexibility index (Phi) is 8.15. The standard InChI is InChI=1S/C22H24F3NO4/c1-15(2)13-29-18-6-4-5-17(12-18)26-21(27)10-8-16-7-9-19(20(11-16)28-3)30-14-22(23,24)25/h4-7,9,11-12H,1,8,10,13-14H2,2-3H3,(H,26,27). The Morgan fingerprint density at radius 2 is 1.87 bits per heavy atom. The maximum absolute atomic E-state index is 12.3. The Labute approximate surface area is 173 Å². The third-order valence-corrected chi connectivity index (χ3v) is 3.86. The van der Waals surface area contributed by atoms with Crippen molar-refractivity contribution in [2.45, 2.75) is 25.9 Å². The maximum atomic E-state index is 12.3. The van der Waals surface area contributed by atoms with Crippen molar-refractivity contribution >= 4 is 11.6 Å². The number of hydrogen-bond donors (Lipinski definition) is 1. The largest absolute Gasteiger partial charge is 0.493 e. The molecule has 30 heavy (non-hydrogen) atoms. The second kappa shape index (κ2) is 10.6. The van der Waals surface area contributed by atoms with Gasteiger partial charge in [0.25, 0.3) is 0 Å². The highest BCUT2D eigenvalue weighted by Gasteiger charge is 2.29. The molecule has 5 nitrogen and oxygen atoms in total. The Balaban J connectivity index is 1.91. The topological polar surface area (TPSA) is 56.8 Å². The molecule has 2 aromatic carbocycles. The van der Waals surface area contributed by atoms with E-state index in [0.29, 0.717) is 24.5 Å². The summed E-state index contributed by atoms with van der Waals surface area (Å²) in [5, 5.41) is 2.79. The Morgan fingerprint density at radius 1 is 1.10 bits per heavy atom. The van der Waals surface area contributed by atoms with Crippen LogP contribution < -0.4 is 19.5 Å². The Hall–Kier alpha value is -3.16. The maximum Gasteiger partial charge on any atom is 0.422 e. The van der Waals surface area contributed by atoms with Crippen LogP contribution in [0.2, 0.25) is 0 Å². The number of benzene rings is 2. The molecule has 0 heterocycles. The van der Waals surface area contributed by atoms with E-state index in [4.69, 9.17) is 14.2 Å². The van der Waals surface area contributed by atoms with Gasteiger partial charge in [-0.2, -0.15) is 13.2 Å². The summed E-state index contributed by atoms with van der Waals surface area (Å²) < 4.78 is 52.4. The van der Waals surface area contributed by atoms with Gasteiger partial charge in [-0.15, -0.1) is 0 Å². The number of methoxy groups -OCH3 is 1. The predicted octanol–water partition coefficient (Wildman–Crippen LogP) is 5.16. The van der Waals surface area contributed by atoms with Gasteiger partial charge >= 0.3 is 6.18 Å². The van der Waals surface area contributed by atoms with Gasteiger partial charge < -0.3 is 19.5 Å². The average molecular weight is 423 g/mol. The van der Waals surface area contributed by atoms with E-state index in [-0.39, 0.29) is 23.8 Å². The van der Waals surface area contributed by atoms with Crippen LogP contribution in [-0.4, -0.2) is 32.4 Å². The first-order chi connectivity index (χ1) is 14.2. The number of rotatable bonds is 10. The molecule has 0 atom stereocenters. The van der Waals surface area contributed by atoms with Crippen LogP contribution >= 0.6 is 0 Å². The number of nitrogens with one attached hydrogen (secondary N) is 1. The second-order valence-corrected chi connectivity index (χ2v) is 6.71. The number of carbonyl (C=O) groups excluding carboxylic acids is 1. The fraction of sp³-hybridized carbons (Fsp3) is 0.318. The molecule has 0 radical (unpaired) electrons. The van der Waals surface area contributed by atoms with Crippen LogP contribution in [0.3, 0.4) is 0 Å². The lowest BCUT2D eigenvalue weighted by Gasteiger charge is -2.13. The number of halogens is 3. The van der Waals surface area contributed by atoms with Crippen molar-refractivity contribution in [1.29, 1.82) is 0 Å². The molecule has 0 aromatic heterocycles. The summed E-state index contributed by atoms with van der Waals surface area (Å²) in [6, 6.07) is 11.6. The number of anilines is 1. The molecule has 8 heteroatoms. The number of amides is 1. The summed E-state index contributed by atoms with van der Waals surface area (Å²) in [7, 11) is 1.34. The van der Waals surface area contributed by atoms with E-state index < -0.39 is 12.8 Å². The monoisotopic (exact) mass is 423 g/mol. The first kappa shape index (κ1) is 23.1. The van der Waals surface area contributed by atoms with Crippen LogP contribution in [0.25, 0.3) is 0 Å². The fourth-order valence-electron chi connectivity index (χ4n) is 2.50. The van der Waals surface area contributed by atoms with Crippen molar-refractivity contribution in [3.8, 4) is 17.2 Å². The number of aryl methyl sites for hydroxylation is 1. The van der Waals surface area contributed by atoms with E-state index in [1.165, 1.54) is 13.2 Å². The van der Waals surface area contributed by atoms with Crippen LogP contribution in [0.5, 0.6) is 17.2 Å². The molecule has 2 aromatic rings. The molecule has 0 bridgehead atoms. The van der Waals surface area contributed by atoms with Crippen molar-refractivity contribution in [2.75, 3.05) is 25.6 Å². The normalized spacial score (nSPS) is 11.0. The molecule has 0 saturated heterocycles. The summed E-state index contributed by atoms with van der Waals surface area (Å²) in [6.07, 6.45) is -3.87. The van der Waals surface area contributed by atoms with Crippen LogP contribution in [0.1, 0.15) is 18.9 Å². The highest BCUT2D eigenvalue weighted by atomic mass is 19.4. The third kappa shape index (κ3) is 8.06. The molecule has 162 valence electrons. The highest BCUT2D eigenvalue weighted by Crippen LogP contribution is 2.30. The summed E-state index contributed by atoms with van der Waals surface area (Å²) in [5.74, 6) is 0.590. The molecule has 1 amide bonds. The van der Waals surface area contributed by atoms with Crippen molar-refractivity contribution in [3.05, 3.63) is 60.2 Å².